The fourth-order valence-electron chi connectivity index (χ4n) is 5.33. The van der Waals surface area contributed by atoms with Crippen molar-refractivity contribution < 1.29 is 18.7 Å². The minimum Gasteiger partial charge on any atom is -0.494 e. The Labute approximate surface area is 200 Å². The van der Waals surface area contributed by atoms with Crippen LogP contribution in [0.2, 0.25) is 0 Å². The van der Waals surface area contributed by atoms with Gasteiger partial charge in [-0.1, -0.05) is 37.8 Å². The fraction of sp³-hybridized carbons (Fsp3) is 0.481. The molecule has 7 nitrogen and oxygen atoms in total. The molecule has 34 heavy (non-hydrogen) atoms. The highest BCUT2D eigenvalue weighted by molar-refractivity contribution is 6.02. The Hall–Kier alpha value is -3.22. The molecule has 1 atom stereocenters. The molecule has 2 amide bonds. The Kier molecular flexibility index (Phi) is 6.11. The Balaban J connectivity index is 1.48. The Bertz CT molecular complexity index is 1170. The first-order valence-electron chi connectivity index (χ1n) is 12.4. The highest BCUT2D eigenvalue weighted by Crippen LogP contribution is 2.34. The van der Waals surface area contributed by atoms with E-state index >= 15 is 0 Å². The molecule has 1 aliphatic heterocycles. The predicted molar refractivity (Wildman–Crippen MR) is 130 cm³/mol. The lowest BCUT2D eigenvalue weighted by molar-refractivity contribution is -0.134. The maximum atomic E-state index is 13.8. The SMILES string of the molecule is CCOc1ccc(CN2C(=O)c3cc4occc4n3C[C@]2(C)C(=O)NC2CCCCCC2)cc1. The van der Waals surface area contributed by atoms with E-state index in [1.165, 1.54) is 12.8 Å². The van der Waals surface area contributed by atoms with Crippen LogP contribution >= 0.6 is 0 Å². The second-order valence-electron chi connectivity index (χ2n) is 9.69. The molecule has 2 aliphatic rings. The van der Waals surface area contributed by atoms with Gasteiger partial charge in [0.25, 0.3) is 5.91 Å². The summed E-state index contributed by atoms with van der Waals surface area (Å²) >= 11 is 0. The minimum absolute atomic E-state index is 0.0883. The molecule has 2 aromatic heterocycles. The van der Waals surface area contributed by atoms with E-state index < -0.39 is 5.54 Å². The number of hydrogen-bond acceptors (Lipinski definition) is 4. The van der Waals surface area contributed by atoms with Crippen molar-refractivity contribution in [3.63, 3.8) is 0 Å². The van der Waals surface area contributed by atoms with Crippen LogP contribution in [-0.2, 0) is 17.9 Å². The average molecular weight is 464 g/mol. The van der Waals surface area contributed by atoms with Gasteiger partial charge in [-0.05, 0) is 44.4 Å². The molecule has 1 fully saturated rings. The number of fused-ring (bicyclic) bond motifs is 3. The number of ether oxygens (including phenoxy) is 1. The van der Waals surface area contributed by atoms with Crippen molar-refractivity contribution in [2.75, 3.05) is 6.61 Å². The molecule has 0 unspecified atom stereocenters. The number of hydrogen-bond donors (Lipinski definition) is 1. The highest BCUT2D eigenvalue weighted by Gasteiger charge is 2.48. The molecule has 1 saturated carbocycles. The number of nitrogens with one attached hydrogen (secondary N) is 1. The lowest BCUT2D eigenvalue weighted by atomic mass is 9.93. The lowest BCUT2D eigenvalue weighted by Gasteiger charge is -2.44. The van der Waals surface area contributed by atoms with Gasteiger partial charge in [0.05, 0.1) is 24.9 Å². The molecule has 0 bridgehead atoms. The fourth-order valence-corrected chi connectivity index (χ4v) is 5.33. The first-order chi connectivity index (χ1) is 16.5. The van der Waals surface area contributed by atoms with Gasteiger partial charge in [-0.25, -0.2) is 0 Å². The summed E-state index contributed by atoms with van der Waals surface area (Å²) in [5.74, 6) is 0.541. The summed E-state index contributed by atoms with van der Waals surface area (Å²) in [4.78, 5) is 29.3. The molecular weight excluding hydrogens is 430 g/mol. The molecule has 3 aromatic rings. The molecular formula is C27H33N3O4. The zero-order valence-corrected chi connectivity index (χ0v) is 20.0. The molecule has 5 rings (SSSR count). The maximum absolute atomic E-state index is 13.8. The van der Waals surface area contributed by atoms with Crippen LogP contribution in [0.1, 0.15) is 68.4 Å². The number of benzene rings is 1. The van der Waals surface area contributed by atoms with Gasteiger partial charge < -0.3 is 23.9 Å². The highest BCUT2D eigenvalue weighted by atomic mass is 16.5. The third kappa shape index (κ3) is 4.08. The van der Waals surface area contributed by atoms with Crippen molar-refractivity contribution in [2.24, 2.45) is 0 Å². The second-order valence-corrected chi connectivity index (χ2v) is 9.69. The van der Waals surface area contributed by atoms with Crippen molar-refractivity contribution in [1.29, 1.82) is 0 Å². The van der Waals surface area contributed by atoms with Crippen LogP contribution in [0, 0.1) is 0 Å². The van der Waals surface area contributed by atoms with Gasteiger partial charge in [0, 0.05) is 24.7 Å². The first-order valence-corrected chi connectivity index (χ1v) is 12.4. The van der Waals surface area contributed by atoms with Crippen LogP contribution in [0.4, 0.5) is 0 Å². The number of carbonyl (C=O) groups excluding carboxylic acids is 2. The molecule has 1 aliphatic carbocycles. The van der Waals surface area contributed by atoms with E-state index in [4.69, 9.17) is 9.15 Å². The summed E-state index contributed by atoms with van der Waals surface area (Å²) in [5.41, 5.74) is 1.99. The Morgan fingerprint density at radius 3 is 2.59 bits per heavy atom. The van der Waals surface area contributed by atoms with Crippen molar-refractivity contribution in [3.8, 4) is 5.75 Å². The van der Waals surface area contributed by atoms with Crippen molar-refractivity contribution in [3.05, 3.63) is 53.9 Å². The van der Waals surface area contributed by atoms with E-state index in [2.05, 4.69) is 5.32 Å². The Morgan fingerprint density at radius 1 is 1.15 bits per heavy atom. The van der Waals surface area contributed by atoms with Gasteiger partial charge in [-0.2, -0.15) is 0 Å². The summed E-state index contributed by atoms with van der Waals surface area (Å²) in [6.45, 7) is 5.16. The van der Waals surface area contributed by atoms with Crippen LogP contribution in [0.3, 0.4) is 0 Å². The number of furan rings is 1. The smallest absolute Gasteiger partial charge is 0.271 e. The van der Waals surface area contributed by atoms with E-state index in [0.717, 1.165) is 42.5 Å². The van der Waals surface area contributed by atoms with Crippen LogP contribution in [0.5, 0.6) is 5.75 Å². The summed E-state index contributed by atoms with van der Waals surface area (Å²) in [7, 11) is 0. The lowest BCUT2D eigenvalue weighted by Crippen LogP contribution is -2.64. The summed E-state index contributed by atoms with van der Waals surface area (Å²) < 4.78 is 13.1. The van der Waals surface area contributed by atoms with Crippen molar-refractivity contribution in [2.45, 2.75) is 77.0 Å². The third-order valence-electron chi connectivity index (χ3n) is 7.30. The van der Waals surface area contributed by atoms with E-state index in [1.54, 1.807) is 17.2 Å². The number of carbonyl (C=O) groups is 2. The van der Waals surface area contributed by atoms with E-state index in [-0.39, 0.29) is 17.9 Å². The third-order valence-corrected chi connectivity index (χ3v) is 7.30. The molecule has 0 radical (unpaired) electrons. The Morgan fingerprint density at radius 2 is 1.88 bits per heavy atom. The predicted octanol–water partition coefficient (Wildman–Crippen LogP) is 4.89. The minimum atomic E-state index is -1.03. The zero-order valence-electron chi connectivity index (χ0n) is 20.0. The second kappa shape index (κ2) is 9.20. The molecule has 7 heteroatoms. The molecule has 3 heterocycles. The largest absolute Gasteiger partial charge is 0.494 e. The molecule has 1 N–H and O–H groups in total. The monoisotopic (exact) mass is 463 g/mol. The van der Waals surface area contributed by atoms with E-state index in [0.29, 0.717) is 31.0 Å². The quantitative estimate of drug-likeness (QED) is 0.528. The van der Waals surface area contributed by atoms with Crippen LogP contribution in [-0.4, -0.2) is 39.5 Å². The zero-order chi connectivity index (χ0) is 23.7. The van der Waals surface area contributed by atoms with Crippen LogP contribution in [0.25, 0.3) is 11.1 Å². The van der Waals surface area contributed by atoms with Crippen LogP contribution in [0.15, 0.2) is 47.1 Å². The average Bonchev–Trinajstić information content (AvgIpc) is 3.32. The topological polar surface area (TPSA) is 76.7 Å². The van der Waals surface area contributed by atoms with Crippen molar-refractivity contribution in [1.82, 2.24) is 14.8 Å². The number of amides is 2. The van der Waals surface area contributed by atoms with Gasteiger partial charge in [0.2, 0.25) is 5.91 Å². The first kappa shape index (κ1) is 22.6. The van der Waals surface area contributed by atoms with Gasteiger partial charge in [0.15, 0.2) is 5.58 Å². The van der Waals surface area contributed by atoms with Gasteiger partial charge in [-0.3, -0.25) is 9.59 Å². The summed E-state index contributed by atoms with van der Waals surface area (Å²) in [6.07, 6.45) is 8.32. The van der Waals surface area contributed by atoms with Crippen molar-refractivity contribution >= 4 is 22.9 Å². The van der Waals surface area contributed by atoms with Gasteiger partial charge in [0.1, 0.15) is 17.0 Å². The number of aromatic nitrogens is 1. The molecule has 180 valence electrons. The molecule has 1 aromatic carbocycles. The normalized spacial score (nSPS) is 21.4. The standard InChI is InChI=1S/C27H33N3O4/c1-3-33-21-12-10-19(11-13-21)17-30-25(31)23-16-24-22(14-15-34-24)29(23)18-27(30,2)26(32)28-20-8-6-4-5-7-9-20/h10-16,20H,3-9,17-18H2,1-2H3,(H,28,32)/t27-/m1/s1. The molecule has 0 saturated heterocycles. The van der Waals surface area contributed by atoms with E-state index in [9.17, 15) is 9.59 Å². The van der Waals surface area contributed by atoms with Crippen LogP contribution < -0.4 is 10.1 Å². The summed E-state index contributed by atoms with van der Waals surface area (Å²) in [5, 5.41) is 3.31. The van der Waals surface area contributed by atoms with Gasteiger partial charge >= 0.3 is 0 Å². The number of rotatable bonds is 6. The van der Waals surface area contributed by atoms with Gasteiger partial charge in [-0.15, -0.1) is 0 Å². The maximum Gasteiger partial charge on any atom is 0.271 e. The van der Waals surface area contributed by atoms with E-state index in [1.807, 2.05) is 48.7 Å². The molecule has 0 spiro atoms. The number of nitrogens with zero attached hydrogens (tertiary/aromatic N) is 2. The summed E-state index contributed by atoms with van der Waals surface area (Å²) in [6, 6.07) is 11.5.